The molecule has 0 aliphatic heterocycles. The predicted octanol–water partition coefficient (Wildman–Crippen LogP) is 3.09. The largest absolute Gasteiger partial charge is 0.478 e. The molecule has 0 atom stereocenters. The van der Waals surface area contributed by atoms with Crippen molar-refractivity contribution >= 4 is 23.2 Å². The second-order valence-electron chi connectivity index (χ2n) is 3.75. The fourth-order valence-electron chi connectivity index (χ4n) is 1.61. The third-order valence-electron chi connectivity index (χ3n) is 2.40. The Labute approximate surface area is 110 Å². The van der Waals surface area contributed by atoms with Gasteiger partial charge in [0.05, 0.1) is 0 Å². The second-order valence-corrected chi connectivity index (χ2v) is 4.13. The fourth-order valence-corrected chi connectivity index (χ4v) is 1.85. The summed E-state index contributed by atoms with van der Waals surface area (Å²) in [7, 11) is 0. The van der Waals surface area contributed by atoms with Crippen molar-refractivity contribution in [2.75, 3.05) is 6.61 Å². The molecular formula is C12H6ClF3O3. The van der Waals surface area contributed by atoms with Crippen molar-refractivity contribution in [3.8, 4) is 0 Å². The third kappa shape index (κ3) is 2.63. The zero-order valence-electron chi connectivity index (χ0n) is 9.25. The number of hydrogen-bond acceptors (Lipinski definition) is 3. The Bertz CT molecular complexity index is 590. The van der Waals surface area contributed by atoms with Gasteiger partial charge in [-0.25, -0.2) is 0 Å². The van der Waals surface area contributed by atoms with E-state index in [2.05, 4.69) is 4.74 Å². The van der Waals surface area contributed by atoms with Crippen LogP contribution in [-0.4, -0.2) is 24.3 Å². The van der Waals surface area contributed by atoms with Crippen molar-refractivity contribution in [2.45, 2.75) is 6.18 Å². The normalized spacial score (nSPS) is 15.6. The van der Waals surface area contributed by atoms with E-state index < -0.39 is 35.1 Å². The molecule has 0 spiro atoms. The summed E-state index contributed by atoms with van der Waals surface area (Å²) in [5.41, 5.74) is 0.0333. The van der Waals surface area contributed by atoms with Gasteiger partial charge in [-0.3, -0.25) is 9.59 Å². The van der Waals surface area contributed by atoms with Gasteiger partial charge in [0.1, 0.15) is 5.03 Å². The van der Waals surface area contributed by atoms with E-state index in [9.17, 15) is 22.8 Å². The van der Waals surface area contributed by atoms with Gasteiger partial charge in [-0.1, -0.05) is 35.9 Å². The SMILES string of the molecule is O=C1C(Cl)=C(OCC(F)(F)F)C(=O)c2ccccc21. The standard InChI is InChI=1S/C12H6ClF3O3/c13-8-9(17)6-3-1-2-4-7(6)10(18)11(8)19-5-12(14,15)16/h1-4H,5H2. The molecule has 2 rings (SSSR count). The number of hydrogen-bond donors (Lipinski definition) is 0. The number of Topliss-reactive ketones (excluding diaryl/α,β-unsaturated/α-hetero) is 2. The van der Waals surface area contributed by atoms with E-state index >= 15 is 0 Å². The number of carbonyl (C=O) groups is 2. The molecule has 0 N–H and O–H groups in total. The Kier molecular flexibility index (Phi) is 3.36. The summed E-state index contributed by atoms with van der Waals surface area (Å²) in [5, 5.41) is -0.632. The number of alkyl halides is 3. The monoisotopic (exact) mass is 290 g/mol. The molecule has 3 nitrogen and oxygen atoms in total. The maximum atomic E-state index is 12.1. The van der Waals surface area contributed by atoms with Crippen LogP contribution < -0.4 is 0 Å². The summed E-state index contributed by atoms with van der Waals surface area (Å²) in [6.45, 7) is -1.68. The Hall–Kier alpha value is -1.82. The molecule has 0 bridgehead atoms. The molecule has 0 aromatic heterocycles. The fraction of sp³-hybridized carbons (Fsp3) is 0.167. The van der Waals surface area contributed by atoms with Gasteiger partial charge >= 0.3 is 6.18 Å². The van der Waals surface area contributed by atoms with Gasteiger partial charge in [-0.15, -0.1) is 0 Å². The van der Waals surface area contributed by atoms with Crippen molar-refractivity contribution in [1.82, 2.24) is 0 Å². The minimum absolute atomic E-state index is 0.0194. The predicted molar refractivity (Wildman–Crippen MR) is 60.0 cm³/mol. The highest BCUT2D eigenvalue weighted by Gasteiger charge is 2.36. The van der Waals surface area contributed by atoms with Crippen molar-refractivity contribution in [1.29, 1.82) is 0 Å². The van der Waals surface area contributed by atoms with E-state index in [-0.39, 0.29) is 11.1 Å². The molecule has 1 aromatic carbocycles. The molecular weight excluding hydrogens is 285 g/mol. The van der Waals surface area contributed by atoms with Crippen LogP contribution in [0.15, 0.2) is 35.1 Å². The number of benzene rings is 1. The van der Waals surface area contributed by atoms with Gasteiger partial charge in [0.2, 0.25) is 11.6 Å². The highest BCUT2D eigenvalue weighted by Crippen LogP contribution is 2.30. The molecule has 100 valence electrons. The Morgan fingerprint density at radius 3 is 2.11 bits per heavy atom. The molecule has 19 heavy (non-hydrogen) atoms. The number of ether oxygens (including phenoxy) is 1. The van der Waals surface area contributed by atoms with E-state index in [0.717, 1.165) is 0 Å². The summed E-state index contributed by atoms with van der Waals surface area (Å²) in [6.07, 6.45) is -4.62. The molecule has 1 aromatic rings. The molecule has 1 aliphatic carbocycles. The van der Waals surface area contributed by atoms with Gasteiger partial charge in [0, 0.05) is 11.1 Å². The molecule has 1 aliphatic rings. The van der Waals surface area contributed by atoms with E-state index in [4.69, 9.17) is 11.6 Å². The van der Waals surface area contributed by atoms with Crippen molar-refractivity contribution in [3.05, 3.63) is 46.2 Å². The molecule has 0 heterocycles. The van der Waals surface area contributed by atoms with E-state index in [1.54, 1.807) is 0 Å². The number of halogens is 4. The Balaban J connectivity index is 2.38. The topological polar surface area (TPSA) is 43.4 Å². The van der Waals surface area contributed by atoms with Crippen LogP contribution in [0.1, 0.15) is 20.7 Å². The number of ketones is 2. The lowest BCUT2D eigenvalue weighted by atomic mass is 9.93. The zero-order valence-corrected chi connectivity index (χ0v) is 10.0. The highest BCUT2D eigenvalue weighted by molar-refractivity contribution is 6.49. The summed E-state index contributed by atoms with van der Waals surface area (Å²) < 4.78 is 40.6. The van der Waals surface area contributed by atoms with Crippen LogP contribution >= 0.6 is 11.6 Å². The average Bonchev–Trinajstić information content (AvgIpc) is 2.35. The van der Waals surface area contributed by atoms with Gasteiger partial charge in [-0.2, -0.15) is 13.2 Å². The number of fused-ring (bicyclic) bond motifs is 1. The van der Waals surface area contributed by atoms with Crippen molar-refractivity contribution in [2.24, 2.45) is 0 Å². The lowest BCUT2D eigenvalue weighted by Crippen LogP contribution is -2.25. The molecule has 0 amide bonds. The average molecular weight is 291 g/mol. The first-order valence-corrected chi connectivity index (χ1v) is 5.47. The lowest BCUT2D eigenvalue weighted by Gasteiger charge is -2.18. The van der Waals surface area contributed by atoms with E-state index in [0.29, 0.717) is 0 Å². The summed E-state index contributed by atoms with van der Waals surface area (Å²) in [5.74, 6) is -2.32. The quantitative estimate of drug-likeness (QED) is 0.840. The van der Waals surface area contributed by atoms with Crippen LogP contribution in [0.4, 0.5) is 13.2 Å². The number of rotatable bonds is 2. The minimum atomic E-state index is -4.62. The van der Waals surface area contributed by atoms with Crippen LogP contribution in [0, 0.1) is 0 Å². The van der Waals surface area contributed by atoms with Crippen LogP contribution in [0.3, 0.4) is 0 Å². The van der Waals surface area contributed by atoms with E-state index in [1.165, 1.54) is 24.3 Å². The van der Waals surface area contributed by atoms with Gasteiger partial charge in [0.15, 0.2) is 12.4 Å². The second kappa shape index (κ2) is 4.70. The molecule has 0 saturated carbocycles. The summed E-state index contributed by atoms with van der Waals surface area (Å²) >= 11 is 5.60. The lowest BCUT2D eigenvalue weighted by molar-refractivity contribution is -0.163. The van der Waals surface area contributed by atoms with Crippen LogP contribution in [-0.2, 0) is 4.74 Å². The maximum Gasteiger partial charge on any atom is 0.422 e. The van der Waals surface area contributed by atoms with Crippen LogP contribution in [0.5, 0.6) is 0 Å². The van der Waals surface area contributed by atoms with Crippen LogP contribution in [0.2, 0.25) is 0 Å². The van der Waals surface area contributed by atoms with Crippen molar-refractivity contribution < 1.29 is 27.5 Å². The molecule has 0 radical (unpaired) electrons. The minimum Gasteiger partial charge on any atom is -0.478 e. The van der Waals surface area contributed by atoms with Gasteiger partial charge < -0.3 is 4.74 Å². The summed E-state index contributed by atoms with van der Waals surface area (Å²) in [6, 6.07) is 5.72. The number of carbonyl (C=O) groups excluding carboxylic acids is 2. The zero-order chi connectivity index (χ0) is 14.2. The smallest absolute Gasteiger partial charge is 0.422 e. The first kappa shape index (κ1) is 13.6. The van der Waals surface area contributed by atoms with Gasteiger partial charge in [0.25, 0.3) is 0 Å². The first-order chi connectivity index (χ1) is 8.81. The Morgan fingerprint density at radius 2 is 1.58 bits per heavy atom. The highest BCUT2D eigenvalue weighted by atomic mass is 35.5. The number of allylic oxidation sites excluding steroid dienone is 2. The van der Waals surface area contributed by atoms with Crippen LogP contribution in [0.25, 0.3) is 0 Å². The Morgan fingerprint density at radius 1 is 1.05 bits per heavy atom. The maximum absolute atomic E-state index is 12.1. The molecule has 7 heteroatoms. The van der Waals surface area contributed by atoms with Crippen molar-refractivity contribution in [3.63, 3.8) is 0 Å². The third-order valence-corrected chi connectivity index (χ3v) is 2.74. The van der Waals surface area contributed by atoms with E-state index in [1.807, 2.05) is 0 Å². The first-order valence-electron chi connectivity index (χ1n) is 5.09. The molecule has 0 fully saturated rings. The van der Waals surface area contributed by atoms with Gasteiger partial charge in [-0.05, 0) is 0 Å². The molecule has 0 unspecified atom stereocenters. The molecule has 0 saturated heterocycles. The summed E-state index contributed by atoms with van der Waals surface area (Å²) in [4.78, 5) is 23.7.